The van der Waals surface area contributed by atoms with Gasteiger partial charge in [0.25, 0.3) is 0 Å². The molecule has 1 saturated heterocycles. The molecule has 25 heavy (non-hydrogen) atoms. The summed E-state index contributed by atoms with van der Waals surface area (Å²) < 4.78 is 4.85. The van der Waals surface area contributed by atoms with Gasteiger partial charge in [0.15, 0.2) is 0 Å². The highest BCUT2D eigenvalue weighted by Crippen LogP contribution is 2.09. The molecule has 0 saturated carbocycles. The van der Waals surface area contributed by atoms with Crippen molar-refractivity contribution < 1.29 is 24.2 Å². The van der Waals surface area contributed by atoms with E-state index in [-0.39, 0.29) is 24.4 Å². The molecule has 1 aliphatic heterocycles. The summed E-state index contributed by atoms with van der Waals surface area (Å²) in [7, 11) is 0. The Morgan fingerprint density at radius 3 is 1.96 bits per heavy atom. The molecule has 0 aromatic rings. The van der Waals surface area contributed by atoms with Crippen LogP contribution < -0.4 is 11.1 Å². The normalized spacial score (nSPS) is 16.3. The molecule has 4 N–H and O–H groups in total. The molecule has 2 atom stereocenters. The van der Waals surface area contributed by atoms with Crippen molar-refractivity contribution in [2.75, 3.05) is 13.1 Å². The minimum atomic E-state index is -1.09. The van der Waals surface area contributed by atoms with Gasteiger partial charge in [-0.1, -0.05) is 0 Å². The van der Waals surface area contributed by atoms with Crippen LogP contribution in [0.1, 0.15) is 53.9 Å². The van der Waals surface area contributed by atoms with Gasteiger partial charge in [0, 0.05) is 13.1 Å². The van der Waals surface area contributed by atoms with Crippen LogP contribution in [0.25, 0.3) is 0 Å². The lowest BCUT2D eigenvalue weighted by molar-refractivity contribution is -0.139. The predicted octanol–water partition coefficient (Wildman–Crippen LogP) is 1.75. The van der Waals surface area contributed by atoms with Crippen molar-refractivity contribution in [2.24, 2.45) is 5.73 Å². The average molecular weight is 382 g/mol. The Hall–Kier alpha value is -1.54. The van der Waals surface area contributed by atoms with E-state index in [0.29, 0.717) is 0 Å². The number of alkyl carbamates (subject to hydrolysis) is 1. The summed E-state index contributed by atoms with van der Waals surface area (Å²) in [5, 5.41) is 10.6. The first-order valence-electron chi connectivity index (χ1n) is 8.20. The molecular weight excluding hydrogens is 350 g/mol. The van der Waals surface area contributed by atoms with E-state index in [1.165, 1.54) is 13.3 Å². The number of carbonyl (C=O) groups excluding carboxylic acids is 2. The number of nitrogens with one attached hydrogen (secondary N) is 1. The number of hydrogen-bond donors (Lipinski definition) is 3. The Morgan fingerprint density at radius 2 is 1.60 bits per heavy atom. The summed E-state index contributed by atoms with van der Waals surface area (Å²) in [5.74, 6) is -0.990. The molecule has 0 aliphatic carbocycles. The number of carboxylic acid groups (broad SMARTS) is 1. The van der Waals surface area contributed by atoms with Crippen LogP contribution in [0.3, 0.4) is 0 Å². The molecule has 0 bridgehead atoms. The van der Waals surface area contributed by atoms with Crippen molar-refractivity contribution in [3.8, 4) is 0 Å². The van der Waals surface area contributed by atoms with E-state index in [2.05, 4.69) is 5.32 Å². The van der Waals surface area contributed by atoms with Gasteiger partial charge in [0.05, 0.1) is 6.04 Å². The van der Waals surface area contributed by atoms with Crippen LogP contribution in [0.4, 0.5) is 4.79 Å². The van der Waals surface area contributed by atoms with Gasteiger partial charge < -0.3 is 25.8 Å². The second-order valence-electron chi connectivity index (χ2n) is 6.88. The molecule has 1 fully saturated rings. The summed E-state index contributed by atoms with van der Waals surface area (Å²) in [6.07, 6.45) is 2.81. The number of amides is 2. The van der Waals surface area contributed by atoms with E-state index in [4.69, 9.17) is 15.6 Å². The maximum atomic E-state index is 11.3. The van der Waals surface area contributed by atoms with Crippen molar-refractivity contribution in [1.29, 1.82) is 0 Å². The molecule has 0 unspecified atom stereocenters. The first kappa shape index (κ1) is 25.7. The summed E-state index contributed by atoms with van der Waals surface area (Å²) >= 11 is 0. The molecule has 2 amide bonds. The number of rotatable bonds is 3. The van der Waals surface area contributed by atoms with Crippen LogP contribution in [0.15, 0.2) is 0 Å². The van der Waals surface area contributed by atoms with Gasteiger partial charge in [-0.15, -0.1) is 12.4 Å². The van der Waals surface area contributed by atoms with Crippen LogP contribution in [0.2, 0.25) is 0 Å². The molecular formula is C16H32ClN3O5. The van der Waals surface area contributed by atoms with Crippen LogP contribution in [0, 0.1) is 0 Å². The highest BCUT2D eigenvalue weighted by Gasteiger charge is 2.20. The molecule has 8 nitrogen and oxygen atoms in total. The fourth-order valence-corrected chi connectivity index (χ4v) is 1.95. The standard InChI is InChI=1S/C8H16N2O.C8H15NO4.ClH/c1-7(9)8(11)10-5-3-2-4-6-10;1-5(6(10)11)9-7(12)13-8(2,3)4;/h7H,2-6,9H2,1H3;5H,1-4H3,(H,9,12)(H,10,11);1H/t7-;5-;/m00./s1. The molecule has 1 heterocycles. The zero-order valence-corrected chi connectivity index (χ0v) is 16.5. The van der Waals surface area contributed by atoms with Crippen molar-refractivity contribution in [3.05, 3.63) is 0 Å². The summed E-state index contributed by atoms with van der Waals surface area (Å²) in [6.45, 7) is 10.0. The highest BCUT2D eigenvalue weighted by molar-refractivity contribution is 5.85. The number of nitrogens with two attached hydrogens (primary N) is 1. The van der Waals surface area contributed by atoms with Gasteiger partial charge in [-0.2, -0.15) is 0 Å². The number of ether oxygens (including phenoxy) is 1. The summed E-state index contributed by atoms with van der Waals surface area (Å²) in [5.41, 5.74) is 4.87. The lowest BCUT2D eigenvalue weighted by atomic mass is 10.1. The Balaban J connectivity index is 0. The molecule has 1 aliphatic rings. The minimum absolute atomic E-state index is 0. The molecule has 1 rings (SSSR count). The Kier molecular flexibility index (Phi) is 12.3. The van der Waals surface area contributed by atoms with Crippen molar-refractivity contribution in [1.82, 2.24) is 10.2 Å². The summed E-state index contributed by atoms with van der Waals surface area (Å²) in [4.78, 5) is 34.5. The second kappa shape index (κ2) is 11.9. The first-order valence-corrected chi connectivity index (χ1v) is 8.20. The van der Waals surface area contributed by atoms with Crippen molar-refractivity contribution >= 4 is 30.4 Å². The molecule has 0 aromatic heterocycles. The number of halogens is 1. The number of carboxylic acids is 1. The third-order valence-electron chi connectivity index (χ3n) is 3.16. The van der Waals surface area contributed by atoms with Crippen LogP contribution in [-0.2, 0) is 14.3 Å². The number of nitrogens with zero attached hydrogens (tertiary/aromatic N) is 1. The molecule has 0 aromatic carbocycles. The van der Waals surface area contributed by atoms with E-state index >= 15 is 0 Å². The van der Waals surface area contributed by atoms with E-state index < -0.39 is 23.7 Å². The number of hydrogen-bond acceptors (Lipinski definition) is 5. The van der Waals surface area contributed by atoms with Crippen LogP contribution in [0.5, 0.6) is 0 Å². The fraction of sp³-hybridized carbons (Fsp3) is 0.812. The molecule has 148 valence electrons. The SMILES string of the molecule is C[C@H](N)C(=O)N1CCCCC1.C[C@H](NC(=O)OC(C)(C)C)C(=O)O.Cl. The predicted molar refractivity (Wildman–Crippen MR) is 97.8 cm³/mol. The summed E-state index contributed by atoms with van der Waals surface area (Å²) in [6, 6.07) is -1.26. The van der Waals surface area contributed by atoms with Gasteiger partial charge >= 0.3 is 12.1 Å². The maximum Gasteiger partial charge on any atom is 0.408 e. The largest absolute Gasteiger partial charge is 0.480 e. The van der Waals surface area contributed by atoms with E-state index in [9.17, 15) is 14.4 Å². The smallest absolute Gasteiger partial charge is 0.408 e. The zero-order valence-electron chi connectivity index (χ0n) is 15.7. The molecule has 9 heteroatoms. The van der Waals surface area contributed by atoms with Gasteiger partial charge in [-0.3, -0.25) is 9.59 Å². The minimum Gasteiger partial charge on any atom is -0.480 e. The number of piperidine rings is 1. The molecule has 0 radical (unpaired) electrons. The number of carbonyl (C=O) groups is 3. The average Bonchev–Trinajstić information content (AvgIpc) is 2.45. The number of aliphatic carboxylic acids is 1. The lowest BCUT2D eigenvalue weighted by Crippen LogP contribution is -2.44. The third-order valence-corrected chi connectivity index (χ3v) is 3.16. The molecule has 0 spiro atoms. The topological polar surface area (TPSA) is 122 Å². The fourth-order valence-electron chi connectivity index (χ4n) is 1.95. The van der Waals surface area contributed by atoms with Gasteiger partial charge in [0.1, 0.15) is 11.6 Å². The van der Waals surface area contributed by atoms with Gasteiger partial charge in [0.2, 0.25) is 5.91 Å². The van der Waals surface area contributed by atoms with Gasteiger partial charge in [-0.25, -0.2) is 4.79 Å². The maximum absolute atomic E-state index is 11.3. The third kappa shape index (κ3) is 12.5. The Bertz CT molecular complexity index is 432. The van der Waals surface area contributed by atoms with Gasteiger partial charge in [-0.05, 0) is 53.9 Å². The van der Waals surface area contributed by atoms with E-state index in [1.54, 1.807) is 27.7 Å². The monoisotopic (exact) mass is 381 g/mol. The van der Waals surface area contributed by atoms with Crippen LogP contribution >= 0.6 is 12.4 Å². The quantitative estimate of drug-likeness (QED) is 0.684. The first-order chi connectivity index (χ1) is 10.9. The van der Waals surface area contributed by atoms with E-state index in [0.717, 1.165) is 25.9 Å². The van der Waals surface area contributed by atoms with Crippen LogP contribution in [-0.4, -0.2) is 58.8 Å². The second-order valence-corrected chi connectivity index (χ2v) is 6.88. The van der Waals surface area contributed by atoms with Crippen molar-refractivity contribution in [2.45, 2.75) is 71.6 Å². The van der Waals surface area contributed by atoms with Crippen molar-refractivity contribution in [3.63, 3.8) is 0 Å². The lowest BCUT2D eigenvalue weighted by Gasteiger charge is -2.27. The van der Waals surface area contributed by atoms with E-state index in [1.807, 2.05) is 4.90 Å². The Labute approximate surface area is 155 Å². The number of likely N-dealkylation sites (tertiary alicyclic amines) is 1. The zero-order chi connectivity index (χ0) is 18.9. The Morgan fingerprint density at radius 1 is 1.12 bits per heavy atom. The highest BCUT2D eigenvalue weighted by atomic mass is 35.5.